The summed E-state index contributed by atoms with van der Waals surface area (Å²) in [4.78, 5) is 4.62. The van der Waals surface area contributed by atoms with E-state index in [4.69, 9.17) is 23.4 Å². The van der Waals surface area contributed by atoms with Crippen molar-refractivity contribution in [3.05, 3.63) is 299 Å². The molecule has 1 heterocycles. The Morgan fingerprint density at radius 2 is 0.636 bits per heavy atom. The average Bonchev–Trinajstić information content (AvgIpc) is 0.800. The number of aryl methyl sites for hydroxylation is 2. The Hall–Kier alpha value is -11.2. The standard InChI is InChI=1S/C101H110N4O5/c1-9-13-17-27-67-106-95-72-92(96(71-76(95)6)107-68-28-18-14-10-2)81-49-51-83(52-50-81)99-102-103-100(110-99)84-53-57-85(58-54-84)101(7,8)94-74-97(108-69-29-19-15-11-3)93(73-98(94)109-70-30-20-16-12-4)82-55-65-91(66-56-82)105(87-33-25-22-26-34-87)90-63-47-80(48-64-90)44-42-78-39-37-77(38-40-78)41-43-79-45-61-89(62-46-79)104(86-31-23-21-24-32-86)88-59-35-75(5)36-60-88/h21-26,31-66,71-74H,9-20,27-30,67-70H2,1-8H3. The Bertz CT molecular complexity index is 4840. The molecule has 0 saturated carbocycles. The maximum atomic E-state index is 6.97. The monoisotopic (exact) mass is 1460 g/mol. The minimum Gasteiger partial charge on any atom is -0.493 e. The van der Waals surface area contributed by atoms with Crippen LogP contribution in [0.4, 0.5) is 34.1 Å². The largest absolute Gasteiger partial charge is 0.493 e. The number of para-hydroxylation sites is 2. The molecule has 11 aromatic carbocycles. The van der Waals surface area contributed by atoms with E-state index in [2.05, 4.69) is 354 Å². The average molecular weight is 1460 g/mol. The van der Waals surface area contributed by atoms with Crippen LogP contribution in [0, 0.1) is 13.8 Å². The maximum Gasteiger partial charge on any atom is 0.248 e. The van der Waals surface area contributed by atoms with Gasteiger partial charge in [0.2, 0.25) is 11.8 Å². The lowest BCUT2D eigenvalue weighted by atomic mass is 9.76. The Morgan fingerprint density at radius 1 is 0.318 bits per heavy atom. The van der Waals surface area contributed by atoms with Crippen LogP contribution < -0.4 is 28.7 Å². The zero-order valence-corrected chi connectivity index (χ0v) is 66.0. The summed E-state index contributed by atoms with van der Waals surface area (Å²) in [5.41, 5.74) is 20.9. The van der Waals surface area contributed by atoms with Crippen LogP contribution in [0.2, 0.25) is 0 Å². The molecular weight excluding hydrogens is 1350 g/mol. The van der Waals surface area contributed by atoms with Gasteiger partial charge in [-0.25, -0.2) is 0 Å². The third-order valence-corrected chi connectivity index (χ3v) is 20.7. The normalized spacial score (nSPS) is 11.6. The predicted molar refractivity (Wildman–Crippen MR) is 463 cm³/mol. The molecule has 110 heavy (non-hydrogen) atoms. The Morgan fingerprint density at radius 3 is 1.05 bits per heavy atom. The molecule has 0 atom stereocenters. The molecule has 0 spiro atoms. The van der Waals surface area contributed by atoms with Crippen molar-refractivity contribution >= 4 is 58.4 Å². The predicted octanol–water partition coefficient (Wildman–Crippen LogP) is 28.8. The van der Waals surface area contributed by atoms with Crippen LogP contribution in [0.1, 0.15) is 189 Å². The second-order valence-corrected chi connectivity index (χ2v) is 29.5. The molecule has 9 heteroatoms. The van der Waals surface area contributed by atoms with Gasteiger partial charge >= 0.3 is 0 Å². The van der Waals surface area contributed by atoms with E-state index in [1.165, 1.54) is 50.5 Å². The fourth-order valence-corrected chi connectivity index (χ4v) is 14.1. The van der Waals surface area contributed by atoms with Crippen LogP contribution in [-0.2, 0) is 5.41 Å². The SMILES string of the molecule is CCCCCCOc1cc(-c2ccc(-c3nnc(-c4ccc(C(C)(C)c5cc(OCCCCCC)c(-c6ccc(N(c7ccccc7)c7ccc(C=Cc8ccc(C=Cc9ccc(N(c%10ccccc%10)c%10ccc(C)cc%10)cc9)cc8)cc7)cc6)cc5OCCCCCC)cc4)o3)cc2)c(OCCCCCC)cc1C. The lowest BCUT2D eigenvalue weighted by Crippen LogP contribution is -2.21. The number of benzene rings is 11. The summed E-state index contributed by atoms with van der Waals surface area (Å²) in [6.45, 7) is 20.4. The molecule has 0 aliphatic rings. The van der Waals surface area contributed by atoms with Crippen molar-refractivity contribution in [1.29, 1.82) is 0 Å². The van der Waals surface area contributed by atoms with Gasteiger partial charge in [0.1, 0.15) is 23.0 Å². The molecule has 0 bridgehead atoms. The number of hydrogen-bond acceptors (Lipinski definition) is 9. The van der Waals surface area contributed by atoms with E-state index in [9.17, 15) is 0 Å². The molecule has 564 valence electrons. The van der Waals surface area contributed by atoms with Gasteiger partial charge in [-0.05, 0) is 205 Å². The second-order valence-electron chi connectivity index (χ2n) is 29.5. The van der Waals surface area contributed by atoms with Gasteiger partial charge in [-0.1, -0.05) is 282 Å². The molecule has 0 N–H and O–H groups in total. The molecule has 0 unspecified atom stereocenters. The van der Waals surface area contributed by atoms with E-state index in [1.54, 1.807) is 0 Å². The number of aromatic nitrogens is 2. The minimum absolute atomic E-state index is 0.456. The highest BCUT2D eigenvalue weighted by molar-refractivity contribution is 5.83. The number of anilines is 6. The van der Waals surface area contributed by atoms with Gasteiger partial charge in [-0.3, -0.25) is 0 Å². The first-order chi connectivity index (χ1) is 54.0. The summed E-state index contributed by atoms with van der Waals surface area (Å²) < 4.78 is 33.3. The van der Waals surface area contributed by atoms with Crippen LogP contribution in [0.5, 0.6) is 23.0 Å². The van der Waals surface area contributed by atoms with E-state index in [-0.39, 0.29) is 0 Å². The Labute approximate surface area is 655 Å². The van der Waals surface area contributed by atoms with Gasteiger partial charge in [0.05, 0.1) is 26.4 Å². The smallest absolute Gasteiger partial charge is 0.248 e. The number of ether oxygens (including phenoxy) is 4. The first-order valence-corrected chi connectivity index (χ1v) is 40.4. The van der Waals surface area contributed by atoms with E-state index >= 15 is 0 Å². The molecule has 0 radical (unpaired) electrons. The van der Waals surface area contributed by atoms with E-state index < -0.39 is 5.41 Å². The maximum absolute atomic E-state index is 6.97. The molecule has 12 rings (SSSR count). The highest BCUT2D eigenvalue weighted by Gasteiger charge is 2.30. The Balaban J connectivity index is 0.753. The summed E-state index contributed by atoms with van der Waals surface area (Å²) in [5.74, 6) is 4.38. The molecule has 0 fully saturated rings. The van der Waals surface area contributed by atoms with Crippen molar-refractivity contribution in [3.8, 4) is 68.2 Å². The molecule has 0 aliphatic carbocycles. The Kier molecular flexibility index (Phi) is 28.4. The van der Waals surface area contributed by atoms with Crippen LogP contribution in [-0.4, -0.2) is 36.6 Å². The zero-order chi connectivity index (χ0) is 76.3. The summed E-state index contributed by atoms with van der Waals surface area (Å²) in [6, 6.07) is 90.7. The highest BCUT2D eigenvalue weighted by Crippen LogP contribution is 2.47. The molecule has 0 saturated heterocycles. The lowest BCUT2D eigenvalue weighted by molar-refractivity contribution is 0.292. The molecule has 0 amide bonds. The lowest BCUT2D eigenvalue weighted by Gasteiger charge is -2.30. The van der Waals surface area contributed by atoms with Gasteiger partial charge < -0.3 is 33.2 Å². The summed E-state index contributed by atoms with van der Waals surface area (Å²) >= 11 is 0. The van der Waals surface area contributed by atoms with Crippen LogP contribution >= 0.6 is 0 Å². The zero-order valence-electron chi connectivity index (χ0n) is 66.0. The van der Waals surface area contributed by atoms with E-state index in [0.29, 0.717) is 38.2 Å². The van der Waals surface area contributed by atoms with Crippen LogP contribution in [0.15, 0.2) is 259 Å². The van der Waals surface area contributed by atoms with Crippen molar-refractivity contribution in [2.75, 3.05) is 36.2 Å². The minimum atomic E-state index is -0.502. The van der Waals surface area contributed by atoms with Crippen molar-refractivity contribution in [1.82, 2.24) is 10.2 Å². The topological polar surface area (TPSA) is 82.3 Å². The van der Waals surface area contributed by atoms with E-state index in [0.717, 1.165) is 187 Å². The van der Waals surface area contributed by atoms with Crippen LogP contribution in [0.25, 0.3) is 69.5 Å². The van der Waals surface area contributed by atoms with E-state index in [1.807, 2.05) is 0 Å². The fraction of sp³-hybridized carbons (Fsp3) is 0.287. The summed E-state index contributed by atoms with van der Waals surface area (Å²) in [6.07, 6.45) is 26.7. The molecule has 0 aliphatic heterocycles. The number of hydrogen-bond donors (Lipinski definition) is 0. The molecular formula is C101H110N4O5. The van der Waals surface area contributed by atoms with Gasteiger partial charge in [0.25, 0.3) is 0 Å². The third-order valence-electron chi connectivity index (χ3n) is 20.7. The van der Waals surface area contributed by atoms with Gasteiger partial charge in [-0.2, -0.15) is 0 Å². The third kappa shape index (κ3) is 21.0. The summed E-state index contributed by atoms with van der Waals surface area (Å²) in [5, 5.41) is 9.16. The van der Waals surface area contributed by atoms with Gasteiger partial charge in [-0.15, -0.1) is 10.2 Å². The molecule has 12 aromatic rings. The van der Waals surface area contributed by atoms with Crippen LogP contribution in [0.3, 0.4) is 0 Å². The highest BCUT2D eigenvalue weighted by atomic mass is 16.5. The molecule has 1 aromatic heterocycles. The number of rotatable bonds is 40. The van der Waals surface area contributed by atoms with Gasteiger partial charge in [0, 0.05) is 67.4 Å². The van der Waals surface area contributed by atoms with Crippen molar-refractivity contribution < 1.29 is 23.4 Å². The summed E-state index contributed by atoms with van der Waals surface area (Å²) in [7, 11) is 0. The molecule has 9 nitrogen and oxygen atoms in total. The van der Waals surface area contributed by atoms with Crippen molar-refractivity contribution in [3.63, 3.8) is 0 Å². The number of nitrogens with zero attached hydrogens (tertiary/aromatic N) is 4. The second kappa shape index (κ2) is 39.8. The fourth-order valence-electron chi connectivity index (χ4n) is 14.1. The van der Waals surface area contributed by atoms with Gasteiger partial charge in [0.15, 0.2) is 0 Å². The quantitative estimate of drug-likeness (QED) is 0.0275. The first-order valence-electron chi connectivity index (χ1n) is 40.4. The number of unbranched alkanes of at least 4 members (excludes halogenated alkanes) is 12. The van der Waals surface area contributed by atoms with Crippen molar-refractivity contribution in [2.45, 2.75) is 164 Å². The first kappa shape index (κ1) is 78.4. The van der Waals surface area contributed by atoms with Crippen molar-refractivity contribution in [2.24, 2.45) is 0 Å².